The van der Waals surface area contributed by atoms with E-state index in [1.54, 1.807) is 16.9 Å². The lowest BCUT2D eigenvalue weighted by molar-refractivity contribution is 0.0672. The Bertz CT molecular complexity index is 767. The molecule has 2 aliphatic rings. The molecular weight excluding hydrogens is 330 g/mol. The molecule has 0 spiro atoms. The van der Waals surface area contributed by atoms with Crippen LogP contribution in [0.4, 0.5) is 0 Å². The minimum atomic E-state index is 0.0791. The van der Waals surface area contributed by atoms with Crippen LogP contribution in [0.5, 0.6) is 0 Å². The van der Waals surface area contributed by atoms with E-state index in [-0.39, 0.29) is 5.91 Å². The summed E-state index contributed by atoms with van der Waals surface area (Å²) >= 11 is 0. The molecule has 4 rings (SSSR count). The number of amides is 1. The maximum atomic E-state index is 12.7. The molecule has 0 saturated carbocycles. The van der Waals surface area contributed by atoms with Crippen molar-refractivity contribution in [2.24, 2.45) is 7.05 Å². The molecule has 2 saturated heterocycles. The van der Waals surface area contributed by atoms with Gasteiger partial charge in [-0.3, -0.25) is 9.48 Å². The van der Waals surface area contributed by atoms with Gasteiger partial charge in [0.15, 0.2) is 0 Å². The number of nitrogens with zero attached hydrogens (tertiary/aromatic N) is 5. The molecular formula is C19H27N5O2. The van der Waals surface area contributed by atoms with Gasteiger partial charge in [0.05, 0.1) is 0 Å². The SMILES string of the molecule is Cc1cnc(C2CCOCC2)n1C1CCN(C(=O)c2ccnn2C)CC1. The van der Waals surface area contributed by atoms with E-state index < -0.39 is 0 Å². The van der Waals surface area contributed by atoms with Crippen LogP contribution in [0, 0.1) is 6.92 Å². The van der Waals surface area contributed by atoms with E-state index in [9.17, 15) is 4.79 Å². The van der Waals surface area contributed by atoms with Gasteiger partial charge in [-0.05, 0) is 38.7 Å². The summed E-state index contributed by atoms with van der Waals surface area (Å²) in [4.78, 5) is 19.4. The molecule has 0 unspecified atom stereocenters. The summed E-state index contributed by atoms with van der Waals surface area (Å²) in [6.07, 6.45) is 7.71. The van der Waals surface area contributed by atoms with E-state index >= 15 is 0 Å². The number of hydrogen-bond donors (Lipinski definition) is 0. The van der Waals surface area contributed by atoms with Crippen molar-refractivity contribution in [2.45, 2.75) is 44.6 Å². The monoisotopic (exact) mass is 357 g/mol. The van der Waals surface area contributed by atoms with Crippen molar-refractivity contribution in [2.75, 3.05) is 26.3 Å². The van der Waals surface area contributed by atoms with Gasteiger partial charge in [-0.25, -0.2) is 4.98 Å². The first kappa shape index (κ1) is 17.3. The minimum Gasteiger partial charge on any atom is -0.381 e. The van der Waals surface area contributed by atoms with Crippen LogP contribution in [0.15, 0.2) is 18.5 Å². The summed E-state index contributed by atoms with van der Waals surface area (Å²) in [5.41, 5.74) is 1.88. The Hall–Kier alpha value is -2.15. The molecule has 2 aromatic heterocycles. The molecule has 0 N–H and O–H groups in total. The summed E-state index contributed by atoms with van der Waals surface area (Å²) in [5, 5.41) is 4.11. The van der Waals surface area contributed by atoms with Crippen molar-refractivity contribution in [3.63, 3.8) is 0 Å². The van der Waals surface area contributed by atoms with Gasteiger partial charge in [0.1, 0.15) is 11.5 Å². The van der Waals surface area contributed by atoms with Gasteiger partial charge in [-0.15, -0.1) is 0 Å². The fourth-order valence-corrected chi connectivity index (χ4v) is 4.27. The molecule has 0 atom stereocenters. The Balaban J connectivity index is 1.46. The predicted octanol–water partition coefficient (Wildman–Crippen LogP) is 2.30. The highest BCUT2D eigenvalue weighted by molar-refractivity contribution is 5.92. The van der Waals surface area contributed by atoms with E-state index in [1.165, 1.54) is 11.5 Å². The molecule has 7 nitrogen and oxygen atoms in total. The van der Waals surface area contributed by atoms with Crippen LogP contribution in [0.2, 0.25) is 0 Å². The molecule has 0 aromatic carbocycles. The topological polar surface area (TPSA) is 65.2 Å². The average molecular weight is 357 g/mol. The van der Waals surface area contributed by atoms with Gasteiger partial charge >= 0.3 is 0 Å². The van der Waals surface area contributed by atoms with Crippen molar-refractivity contribution in [1.82, 2.24) is 24.2 Å². The summed E-state index contributed by atoms with van der Waals surface area (Å²) in [6.45, 7) is 5.35. The van der Waals surface area contributed by atoms with Gasteiger partial charge in [0.25, 0.3) is 5.91 Å². The summed E-state index contributed by atoms with van der Waals surface area (Å²) < 4.78 is 9.59. The fraction of sp³-hybridized carbons (Fsp3) is 0.632. The lowest BCUT2D eigenvalue weighted by atomic mass is 9.97. The van der Waals surface area contributed by atoms with Crippen molar-refractivity contribution >= 4 is 5.91 Å². The van der Waals surface area contributed by atoms with Crippen molar-refractivity contribution in [1.29, 1.82) is 0 Å². The first-order valence-corrected chi connectivity index (χ1v) is 9.54. The molecule has 1 amide bonds. The van der Waals surface area contributed by atoms with Crippen LogP contribution in [-0.2, 0) is 11.8 Å². The first-order valence-electron chi connectivity index (χ1n) is 9.54. The Morgan fingerprint density at radius 2 is 1.92 bits per heavy atom. The van der Waals surface area contributed by atoms with Crippen LogP contribution in [0.25, 0.3) is 0 Å². The van der Waals surface area contributed by atoms with Crippen LogP contribution in [0.1, 0.15) is 59.6 Å². The Kier molecular flexibility index (Phi) is 4.80. The summed E-state index contributed by atoms with van der Waals surface area (Å²) in [6, 6.07) is 2.21. The van der Waals surface area contributed by atoms with Crippen molar-refractivity contribution in [3.05, 3.63) is 35.7 Å². The lowest BCUT2D eigenvalue weighted by Gasteiger charge is -2.35. The van der Waals surface area contributed by atoms with E-state index in [1.807, 2.05) is 18.1 Å². The van der Waals surface area contributed by atoms with Crippen LogP contribution >= 0.6 is 0 Å². The number of rotatable bonds is 3. The first-order chi connectivity index (χ1) is 12.6. The molecule has 2 fully saturated rings. The Morgan fingerprint density at radius 3 is 2.58 bits per heavy atom. The zero-order chi connectivity index (χ0) is 18.1. The zero-order valence-corrected chi connectivity index (χ0v) is 15.6. The molecule has 4 heterocycles. The number of carbonyl (C=O) groups excluding carboxylic acids is 1. The third kappa shape index (κ3) is 3.16. The Labute approximate surface area is 154 Å². The maximum Gasteiger partial charge on any atom is 0.272 e. The number of imidazole rings is 1. The standard InChI is InChI=1S/C19H27N5O2/c1-14-13-20-18(15-6-11-26-12-7-15)24(14)16-4-9-23(10-5-16)19(25)17-3-8-21-22(17)2/h3,8,13,15-16H,4-7,9-12H2,1-2H3. The number of carbonyl (C=O) groups is 1. The highest BCUT2D eigenvalue weighted by Crippen LogP contribution is 2.32. The normalized spacial score (nSPS) is 19.8. The second-order valence-electron chi connectivity index (χ2n) is 7.38. The molecule has 2 aromatic rings. The number of aromatic nitrogens is 4. The molecule has 7 heteroatoms. The minimum absolute atomic E-state index is 0.0791. The highest BCUT2D eigenvalue weighted by Gasteiger charge is 2.30. The molecule has 140 valence electrons. The van der Waals surface area contributed by atoms with Crippen molar-refractivity contribution < 1.29 is 9.53 Å². The van der Waals surface area contributed by atoms with E-state index in [0.717, 1.165) is 52.0 Å². The quantitative estimate of drug-likeness (QED) is 0.845. The van der Waals surface area contributed by atoms with Crippen molar-refractivity contribution in [3.8, 4) is 0 Å². The van der Waals surface area contributed by atoms with Gasteiger partial charge in [0, 0.05) is 63.4 Å². The van der Waals surface area contributed by atoms with Crippen LogP contribution < -0.4 is 0 Å². The van der Waals surface area contributed by atoms with Gasteiger partial charge in [-0.1, -0.05) is 0 Å². The van der Waals surface area contributed by atoms with E-state index in [4.69, 9.17) is 9.72 Å². The number of ether oxygens (including phenoxy) is 1. The number of hydrogen-bond acceptors (Lipinski definition) is 4. The maximum absolute atomic E-state index is 12.7. The molecule has 0 bridgehead atoms. The molecule has 26 heavy (non-hydrogen) atoms. The lowest BCUT2D eigenvalue weighted by Crippen LogP contribution is -2.40. The fourth-order valence-electron chi connectivity index (χ4n) is 4.27. The van der Waals surface area contributed by atoms with Crippen LogP contribution in [0.3, 0.4) is 0 Å². The molecule has 0 aliphatic carbocycles. The molecule has 0 radical (unpaired) electrons. The van der Waals surface area contributed by atoms with E-state index in [2.05, 4.69) is 16.6 Å². The number of likely N-dealkylation sites (tertiary alicyclic amines) is 1. The summed E-state index contributed by atoms with van der Waals surface area (Å²) in [5.74, 6) is 1.78. The van der Waals surface area contributed by atoms with Crippen LogP contribution in [-0.4, -0.2) is 56.4 Å². The number of aryl methyl sites for hydroxylation is 2. The van der Waals surface area contributed by atoms with Gasteiger partial charge in [0.2, 0.25) is 0 Å². The third-order valence-corrected chi connectivity index (χ3v) is 5.75. The highest BCUT2D eigenvalue weighted by atomic mass is 16.5. The largest absolute Gasteiger partial charge is 0.381 e. The van der Waals surface area contributed by atoms with Gasteiger partial charge < -0.3 is 14.2 Å². The summed E-state index contributed by atoms with van der Waals surface area (Å²) in [7, 11) is 1.81. The second kappa shape index (κ2) is 7.23. The second-order valence-corrected chi connectivity index (χ2v) is 7.38. The smallest absolute Gasteiger partial charge is 0.272 e. The van der Waals surface area contributed by atoms with E-state index in [0.29, 0.717) is 17.7 Å². The predicted molar refractivity (Wildman–Crippen MR) is 97.1 cm³/mol. The number of piperidine rings is 1. The third-order valence-electron chi connectivity index (χ3n) is 5.75. The average Bonchev–Trinajstić information content (AvgIpc) is 3.27. The zero-order valence-electron chi connectivity index (χ0n) is 15.6. The van der Waals surface area contributed by atoms with Gasteiger partial charge in [-0.2, -0.15) is 5.10 Å². The molecule has 2 aliphatic heterocycles. The Morgan fingerprint density at radius 1 is 1.19 bits per heavy atom.